The number of aliphatic hydroxyl groups is 1. The van der Waals surface area contributed by atoms with E-state index in [9.17, 15) is 5.11 Å². The molecule has 1 N–H and O–H groups in total. The van der Waals surface area contributed by atoms with Crippen LogP contribution in [0.3, 0.4) is 0 Å². The van der Waals surface area contributed by atoms with Crippen LogP contribution in [0.4, 0.5) is 0 Å². The van der Waals surface area contributed by atoms with Crippen molar-refractivity contribution < 1.29 is 5.11 Å². The average molecular weight is 311 g/mol. The molecule has 1 nitrogen and oxygen atoms in total. The Hall–Kier alpha value is -1.64. The summed E-state index contributed by atoms with van der Waals surface area (Å²) in [4.78, 5) is 0. The second kappa shape index (κ2) is 7.57. The van der Waals surface area contributed by atoms with Gasteiger partial charge in [0.2, 0.25) is 0 Å². The van der Waals surface area contributed by atoms with Gasteiger partial charge in [-0.3, -0.25) is 0 Å². The SMILES string of the molecule is Cc1ccc(C(O)C/C=C\C[Si](C)(C)c2ccccc2)cc1. The zero-order chi connectivity index (χ0) is 16.0. The van der Waals surface area contributed by atoms with Crippen molar-refractivity contribution >= 4 is 13.3 Å². The van der Waals surface area contributed by atoms with Crippen LogP contribution in [-0.2, 0) is 0 Å². The van der Waals surface area contributed by atoms with E-state index in [0.29, 0.717) is 6.42 Å². The summed E-state index contributed by atoms with van der Waals surface area (Å²) < 4.78 is 0. The molecule has 2 rings (SSSR count). The molecule has 0 spiro atoms. The van der Waals surface area contributed by atoms with Crippen LogP contribution in [0, 0.1) is 6.92 Å². The molecule has 0 amide bonds. The van der Waals surface area contributed by atoms with Gasteiger partial charge in [-0.1, -0.05) is 90.6 Å². The van der Waals surface area contributed by atoms with Gasteiger partial charge in [0, 0.05) is 0 Å². The highest BCUT2D eigenvalue weighted by Gasteiger charge is 2.20. The van der Waals surface area contributed by atoms with Crippen molar-refractivity contribution in [3.05, 3.63) is 77.9 Å². The van der Waals surface area contributed by atoms with Gasteiger partial charge in [0.1, 0.15) is 0 Å². The summed E-state index contributed by atoms with van der Waals surface area (Å²) in [5.74, 6) is 0. The fourth-order valence-corrected chi connectivity index (χ4v) is 4.62. The highest BCUT2D eigenvalue weighted by molar-refractivity contribution is 6.90. The van der Waals surface area contributed by atoms with Crippen LogP contribution in [0.1, 0.15) is 23.7 Å². The summed E-state index contributed by atoms with van der Waals surface area (Å²) in [7, 11) is -1.41. The van der Waals surface area contributed by atoms with E-state index >= 15 is 0 Å². The Morgan fingerprint density at radius 3 is 2.23 bits per heavy atom. The van der Waals surface area contributed by atoms with Crippen LogP contribution >= 0.6 is 0 Å². The van der Waals surface area contributed by atoms with Gasteiger partial charge in [-0.25, -0.2) is 0 Å². The zero-order valence-electron chi connectivity index (χ0n) is 13.8. The first-order chi connectivity index (χ1) is 10.5. The van der Waals surface area contributed by atoms with Crippen LogP contribution in [0.2, 0.25) is 19.1 Å². The lowest BCUT2D eigenvalue weighted by molar-refractivity contribution is 0.181. The molecule has 1 atom stereocenters. The standard InChI is InChI=1S/C20H26OSi/c1-17-12-14-18(15-13-17)20(21)11-7-8-16-22(2,3)19-9-5-4-6-10-19/h4-10,12-15,20-21H,11,16H2,1-3H3/b8-7-. The minimum atomic E-state index is -1.41. The van der Waals surface area contributed by atoms with E-state index in [-0.39, 0.29) is 0 Å². The first-order valence-corrected chi connectivity index (χ1v) is 11.1. The fraction of sp³-hybridized carbons (Fsp3) is 0.300. The first kappa shape index (κ1) is 16.7. The lowest BCUT2D eigenvalue weighted by Crippen LogP contribution is -2.40. The minimum absolute atomic E-state index is 0.404. The van der Waals surface area contributed by atoms with Gasteiger partial charge in [0.25, 0.3) is 0 Å². The predicted molar refractivity (Wildman–Crippen MR) is 98.3 cm³/mol. The third kappa shape index (κ3) is 4.69. The van der Waals surface area contributed by atoms with E-state index in [0.717, 1.165) is 11.6 Å². The molecule has 0 saturated heterocycles. The second-order valence-corrected chi connectivity index (χ2v) is 11.3. The predicted octanol–water partition coefficient (Wildman–Crippen LogP) is 4.59. The average Bonchev–Trinajstić information content (AvgIpc) is 2.53. The third-order valence-electron chi connectivity index (χ3n) is 4.17. The quantitative estimate of drug-likeness (QED) is 0.611. The first-order valence-electron chi connectivity index (χ1n) is 7.94. The number of allylic oxidation sites excluding steroid dienone is 1. The van der Waals surface area contributed by atoms with Crippen molar-refractivity contribution in [3.63, 3.8) is 0 Å². The lowest BCUT2D eigenvalue weighted by atomic mass is 10.1. The van der Waals surface area contributed by atoms with Crippen molar-refractivity contribution in [2.24, 2.45) is 0 Å². The van der Waals surface area contributed by atoms with Gasteiger partial charge in [0.15, 0.2) is 0 Å². The maximum absolute atomic E-state index is 10.2. The number of rotatable bonds is 6. The monoisotopic (exact) mass is 310 g/mol. The highest BCUT2D eigenvalue weighted by Crippen LogP contribution is 2.18. The molecule has 2 heteroatoms. The summed E-state index contributed by atoms with van der Waals surface area (Å²) in [6, 6.07) is 20.0. The van der Waals surface area contributed by atoms with Gasteiger partial charge < -0.3 is 5.11 Å². The fourth-order valence-electron chi connectivity index (χ4n) is 2.53. The Kier molecular flexibility index (Phi) is 5.75. The zero-order valence-corrected chi connectivity index (χ0v) is 14.8. The van der Waals surface area contributed by atoms with Gasteiger partial charge >= 0.3 is 0 Å². The molecule has 0 aliphatic rings. The van der Waals surface area contributed by atoms with Gasteiger partial charge in [-0.05, 0) is 25.0 Å². The molecule has 0 aliphatic carbocycles. The molecule has 0 radical (unpaired) electrons. The Labute approximate surface area is 135 Å². The number of hydrogen-bond acceptors (Lipinski definition) is 1. The number of hydrogen-bond donors (Lipinski definition) is 1. The largest absolute Gasteiger partial charge is 0.388 e. The van der Waals surface area contributed by atoms with Gasteiger partial charge in [-0.2, -0.15) is 0 Å². The molecule has 0 aliphatic heterocycles. The highest BCUT2D eigenvalue weighted by atomic mass is 28.3. The molecule has 0 fully saturated rings. The number of aryl methyl sites for hydroxylation is 1. The van der Waals surface area contributed by atoms with Gasteiger partial charge in [0.05, 0.1) is 14.2 Å². The molecule has 2 aromatic rings. The number of benzene rings is 2. The molecular formula is C20H26OSi. The normalized spacial score (nSPS) is 13.5. The Morgan fingerprint density at radius 2 is 1.59 bits per heavy atom. The van der Waals surface area contributed by atoms with E-state index < -0.39 is 14.2 Å². The summed E-state index contributed by atoms with van der Waals surface area (Å²) >= 11 is 0. The van der Waals surface area contributed by atoms with E-state index in [1.165, 1.54) is 10.8 Å². The summed E-state index contributed by atoms with van der Waals surface area (Å²) in [6.07, 6.45) is 4.65. The van der Waals surface area contributed by atoms with Crippen LogP contribution in [0.5, 0.6) is 0 Å². The van der Waals surface area contributed by atoms with E-state index in [2.05, 4.69) is 62.5 Å². The van der Waals surface area contributed by atoms with E-state index in [1.54, 1.807) is 0 Å². The molecule has 22 heavy (non-hydrogen) atoms. The third-order valence-corrected chi connectivity index (χ3v) is 7.32. The van der Waals surface area contributed by atoms with E-state index in [4.69, 9.17) is 0 Å². The minimum Gasteiger partial charge on any atom is -0.388 e. The smallest absolute Gasteiger partial charge is 0.0843 e. The molecule has 1 unspecified atom stereocenters. The van der Waals surface area contributed by atoms with Gasteiger partial charge in [-0.15, -0.1) is 0 Å². The van der Waals surface area contributed by atoms with Crippen molar-refractivity contribution in [1.29, 1.82) is 0 Å². The maximum Gasteiger partial charge on any atom is 0.0843 e. The molecule has 2 aromatic carbocycles. The summed E-state index contributed by atoms with van der Waals surface area (Å²) in [5.41, 5.74) is 2.22. The van der Waals surface area contributed by atoms with Crippen LogP contribution < -0.4 is 5.19 Å². The Morgan fingerprint density at radius 1 is 0.955 bits per heavy atom. The maximum atomic E-state index is 10.2. The van der Waals surface area contributed by atoms with E-state index in [1.807, 2.05) is 24.3 Å². The molecule has 0 bridgehead atoms. The molecular weight excluding hydrogens is 284 g/mol. The summed E-state index contributed by atoms with van der Waals surface area (Å²) in [6.45, 7) is 6.85. The molecule has 0 saturated carbocycles. The second-order valence-electron chi connectivity index (χ2n) is 6.59. The molecule has 0 aromatic heterocycles. The summed E-state index contributed by atoms with van der Waals surface area (Å²) in [5, 5.41) is 11.7. The molecule has 0 heterocycles. The van der Waals surface area contributed by atoms with Crippen LogP contribution in [0.25, 0.3) is 0 Å². The van der Waals surface area contributed by atoms with Crippen molar-refractivity contribution in [3.8, 4) is 0 Å². The topological polar surface area (TPSA) is 20.2 Å². The van der Waals surface area contributed by atoms with Crippen LogP contribution in [0.15, 0.2) is 66.7 Å². The molecule has 116 valence electrons. The Balaban J connectivity index is 1.89. The lowest BCUT2D eigenvalue weighted by Gasteiger charge is -2.21. The van der Waals surface area contributed by atoms with Crippen molar-refractivity contribution in [1.82, 2.24) is 0 Å². The van der Waals surface area contributed by atoms with Crippen molar-refractivity contribution in [2.45, 2.75) is 38.6 Å². The Bertz CT molecular complexity index is 599. The van der Waals surface area contributed by atoms with Crippen LogP contribution in [-0.4, -0.2) is 13.2 Å². The van der Waals surface area contributed by atoms with Crippen molar-refractivity contribution in [2.75, 3.05) is 0 Å². The number of aliphatic hydroxyl groups excluding tert-OH is 1.